The van der Waals surface area contributed by atoms with Crippen molar-refractivity contribution in [2.24, 2.45) is 5.92 Å². The number of amides is 1. The van der Waals surface area contributed by atoms with Gasteiger partial charge in [0.25, 0.3) is 15.9 Å². The summed E-state index contributed by atoms with van der Waals surface area (Å²) in [6.45, 7) is 9.21. The van der Waals surface area contributed by atoms with Crippen LogP contribution in [0.3, 0.4) is 0 Å². The third-order valence-corrected chi connectivity index (χ3v) is 13.4. The number of likely N-dealkylation sites (N-methyl/N-ethyl adjacent to an activating group) is 1. The lowest BCUT2D eigenvalue weighted by Crippen LogP contribution is -2.46. The topological polar surface area (TPSA) is 128 Å². The van der Waals surface area contributed by atoms with Gasteiger partial charge in [-0.25, -0.2) is 13.1 Å². The van der Waals surface area contributed by atoms with Crippen LogP contribution in [0.25, 0.3) is 22.0 Å². The summed E-state index contributed by atoms with van der Waals surface area (Å²) in [4.78, 5) is 24.0. The quantitative estimate of drug-likeness (QED) is 0.0868. The number of aromatic nitrogens is 1. The number of fused-ring (bicyclic) bond motifs is 1. The number of hydrogen-bond acceptors (Lipinski definition) is 10. The Balaban J connectivity index is 0.995. The Morgan fingerprint density at radius 2 is 1.70 bits per heavy atom. The number of nitrogens with one attached hydrogen (secondary N) is 3. The maximum atomic E-state index is 14.0. The van der Waals surface area contributed by atoms with Gasteiger partial charge in [-0.1, -0.05) is 35.9 Å². The minimum atomic E-state index is -4.23. The Labute approximate surface area is 375 Å². The van der Waals surface area contributed by atoms with E-state index < -0.39 is 15.9 Å². The summed E-state index contributed by atoms with van der Waals surface area (Å²) in [5, 5.41) is 5.09. The van der Waals surface area contributed by atoms with Crippen molar-refractivity contribution in [3.05, 3.63) is 131 Å². The molecule has 0 bridgehead atoms. The zero-order valence-corrected chi connectivity index (χ0v) is 37.6. The molecular weight excluding hydrogens is 836 g/mol. The van der Waals surface area contributed by atoms with Crippen molar-refractivity contribution in [2.45, 2.75) is 31.2 Å². The number of H-pyrrole nitrogens is 1. The number of halogens is 1. The number of aromatic amines is 1. The second kappa shape index (κ2) is 19.9. The fourth-order valence-electron chi connectivity index (χ4n) is 8.13. The number of ether oxygens (including phenoxy) is 3. The molecule has 5 aromatic carbocycles. The van der Waals surface area contributed by atoms with Crippen molar-refractivity contribution in [3.8, 4) is 28.4 Å². The summed E-state index contributed by atoms with van der Waals surface area (Å²) in [5.74, 6) is 1.35. The van der Waals surface area contributed by atoms with E-state index in [4.69, 9.17) is 25.8 Å². The van der Waals surface area contributed by atoms with Gasteiger partial charge in [-0.05, 0) is 129 Å². The molecule has 0 unspecified atom stereocenters. The summed E-state index contributed by atoms with van der Waals surface area (Å²) >= 11 is 6.26. The predicted octanol–water partition coefficient (Wildman–Crippen LogP) is 8.81. The first-order valence-corrected chi connectivity index (χ1v) is 23.4. The Morgan fingerprint density at radius 3 is 2.46 bits per heavy atom. The van der Waals surface area contributed by atoms with E-state index >= 15 is 0 Å². The molecule has 6 aromatic rings. The van der Waals surface area contributed by atoms with E-state index in [2.05, 4.69) is 35.8 Å². The van der Waals surface area contributed by atoms with Crippen LogP contribution in [0.5, 0.6) is 17.2 Å². The summed E-state index contributed by atoms with van der Waals surface area (Å²) in [6.07, 6.45) is 3.83. The standard InChI is InChI=1S/C49H55ClN6O6S/c1-34-29-41(13-16-45(34)52-32-35-18-26-60-27-19-35)63(58,59)53-49(57)43-14-11-39(31-48(43)62-40-12-15-46-37(30-40)17-20-51-46)56-23-21-55(22-24-56)33-44-42(36-7-9-38(50)10-8-36)5-4-6-47(44)61-28-25-54(2)3/h4-17,20,29-31,35,51-52H,18-19,21-28,32-33H2,1-3H3,(H,53,57). The molecule has 1 aromatic heterocycles. The lowest BCUT2D eigenvalue weighted by Gasteiger charge is -2.37. The molecule has 0 radical (unpaired) electrons. The summed E-state index contributed by atoms with van der Waals surface area (Å²) < 4.78 is 48.1. The highest BCUT2D eigenvalue weighted by Gasteiger charge is 2.26. The highest BCUT2D eigenvalue weighted by atomic mass is 35.5. The highest BCUT2D eigenvalue weighted by Crippen LogP contribution is 2.35. The smallest absolute Gasteiger partial charge is 0.268 e. The summed E-state index contributed by atoms with van der Waals surface area (Å²) in [5.41, 5.74) is 6.84. The first-order valence-electron chi connectivity index (χ1n) is 21.5. The van der Waals surface area contributed by atoms with E-state index in [1.165, 1.54) is 6.07 Å². The SMILES string of the molecule is Cc1cc(S(=O)(=O)NC(=O)c2ccc(N3CCN(Cc4c(OCCN(C)C)cccc4-c4ccc(Cl)cc4)CC3)cc2Oc2ccc3[nH]ccc3c2)ccc1NCC1CCOCC1. The van der Waals surface area contributed by atoms with Gasteiger partial charge in [0.1, 0.15) is 23.9 Å². The molecule has 2 aliphatic heterocycles. The Hall–Kier alpha value is -5.57. The van der Waals surface area contributed by atoms with Crippen LogP contribution in [0.2, 0.25) is 5.02 Å². The lowest BCUT2D eigenvalue weighted by atomic mass is 9.98. The lowest BCUT2D eigenvalue weighted by molar-refractivity contribution is 0.0699. The molecule has 63 heavy (non-hydrogen) atoms. The molecule has 1 amide bonds. The van der Waals surface area contributed by atoms with E-state index in [1.54, 1.807) is 18.2 Å². The number of sulfonamides is 1. The van der Waals surface area contributed by atoms with E-state index in [1.807, 2.05) is 100 Å². The minimum absolute atomic E-state index is 0.00266. The molecule has 3 heterocycles. The first-order chi connectivity index (χ1) is 30.5. The number of nitrogens with zero attached hydrogens (tertiary/aromatic N) is 3. The summed E-state index contributed by atoms with van der Waals surface area (Å²) in [7, 11) is -0.158. The molecule has 0 saturated carbocycles. The van der Waals surface area contributed by atoms with Crippen molar-refractivity contribution < 1.29 is 27.4 Å². The molecule has 0 atom stereocenters. The van der Waals surface area contributed by atoms with Gasteiger partial charge in [0.2, 0.25) is 0 Å². The van der Waals surface area contributed by atoms with Crippen molar-refractivity contribution in [3.63, 3.8) is 0 Å². The minimum Gasteiger partial charge on any atom is -0.492 e. The van der Waals surface area contributed by atoms with Crippen LogP contribution in [0, 0.1) is 12.8 Å². The average molecular weight is 892 g/mol. The molecule has 0 spiro atoms. The molecule has 330 valence electrons. The second-order valence-electron chi connectivity index (χ2n) is 16.6. The summed E-state index contributed by atoms with van der Waals surface area (Å²) in [6, 6.07) is 31.9. The normalized spacial score (nSPS) is 15.2. The van der Waals surface area contributed by atoms with E-state index in [-0.39, 0.29) is 16.2 Å². The van der Waals surface area contributed by atoms with Crippen molar-refractivity contribution >= 4 is 49.8 Å². The van der Waals surface area contributed by atoms with E-state index in [0.717, 1.165) is 103 Å². The van der Waals surface area contributed by atoms with E-state index in [9.17, 15) is 13.2 Å². The van der Waals surface area contributed by atoms with Crippen LogP contribution in [-0.2, 0) is 21.3 Å². The Kier molecular flexibility index (Phi) is 13.9. The van der Waals surface area contributed by atoms with Crippen LogP contribution < -0.4 is 24.4 Å². The molecular formula is C49H55ClN6O6S. The van der Waals surface area contributed by atoms with Gasteiger partial charge in [-0.15, -0.1) is 0 Å². The fourth-order valence-corrected chi connectivity index (χ4v) is 9.31. The van der Waals surface area contributed by atoms with Crippen LogP contribution in [0.1, 0.15) is 34.3 Å². The van der Waals surface area contributed by atoms with Gasteiger partial charge in [0.05, 0.1) is 10.5 Å². The third-order valence-electron chi connectivity index (χ3n) is 11.8. The average Bonchev–Trinajstić information content (AvgIpc) is 3.75. The zero-order valence-electron chi connectivity index (χ0n) is 36.0. The van der Waals surface area contributed by atoms with Crippen molar-refractivity contribution in [2.75, 3.05) is 83.4 Å². The zero-order chi connectivity index (χ0) is 43.9. The molecule has 0 aliphatic carbocycles. The largest absolute Gasteiger partial charge is 0.492 e. The third kappa shape index (κ3) is 11.0. The van der Waals surface area contributed by atoms with Gasteiger partial charge < -0.3 is 34.3 Å². The predicted molar refractivity (Wildman–Crippen MR) is 251 cm³/mol. The van der Waals surface area contributed by atoms with Crippen LogP contribution in [0.15, 0.2) is 114 Å². The monoisotopic (exact) mass is 890 g/mol. The second-order valence-corrected chi connectivity index (χ2v) is 18.7. The van der Waals surface area contributed by atoms with Crippen LogP contribution in [-0.4, -0.2) is 102 Å². The highest BCUT2D eigenvalue weighted by molar-refractivity contribution is 7.90. The van der Waals surface area contributed by atoms with Gasteiger partial charge in [0, 0.05) is 104 Å². The van der Waals surface area contributed by atoms with Crippen molar-refractivity contribution in [1.29, 1.82) is 0 Å². The number of hydrogen-bond donors (Lipinski definition) is 3. The van der Waals surface area contributed by atoms with Gasteiger partial charge in [-0.3, -0.25) is 9.69 Å². The maximum absolute atomic E-state index is 14.0. The number of benzene rings is 5. The molecule has 14 heteroatoms. The maximum Gasteiger partial charge on any atom is 0.268 e. The van der Waals surface area contributed by atoms with Gasteiger partial charge >= 0.3 is 0 Å². The number of anilines is 2. The van der Waals surface area contributed by atoms with Gasteiger partial charge in [-0.2, -0.15) is 0 Å². The van der Waals surface area contributed by atoms with Crippen LogP contribution >= 0.6 is 11.6 Å². The number of carbonyl (C=O) groups is 1. The molecule has 2 saturated heterocycles. The molecule has 3 N–H and O–H groups in total. The van der Waals surface area contributed by atoms with E-state index in [0.29, 0.717) is 42.9 Å². The molecule has 2 fully saturated rings. The van der Waals surface area contributed by atoms with Gasteiger partial charge in [0.15, 0.2) is 0 Å². The Bertz CT molecular complexity index is 2640. The molecule has 8 rings (SSSR count). The first kappa shape index (κ1) is 44.1. The van der Waals surface area contributed by atoms with Crippen LogP contribution in [0.4, 0.5) is 11.4 Å². The Morgan fingerprint density at radius 1 is 0.905 bits per heavy atom. The molecule has 12 nitrogen and oxygen atoms in total. The number of rotatable bonds is 16. The molecule has 2 aliphatic rings. The fraction of sp³-hybridized carbons (Fsp3) is 0.327. The number of piperazine rings is 1. The number of carbonyl (C=O) groups excluding carboxylic acids is 1. The number of aryl methyl sites for hydroxylation is 1. The van der Waals surface area contributed by atoms with Crippen molar-refractivity contribution in [1.82, 2.24) is 19.5 Å².